The first-order chi connectivity index (χ1) is 7.08. The Hall–Kier alpha value is -0.280. The van der Waals surface area contributed by atoms with Gasteiger partial charge in [-0.2, -0.15) is 0 Å². The van der Waals surface area contributed by atoms with Crippen LogP contribution < -0.4 is 5.73 Å². The van der Waals surface area contributed by atoms with Gasteiger partial charge < -0.3 is 10.6 Å². The van der Waals surface area contributed by atoms with Crippen LogP contribution in [0.5, 0.6) is 0 Å². The molecule has 1 saturated heterocycles. The summed E-state index contributed by atoms with van der Waals surface area (Å²) in [6.07, 6.45) is 0. The standard InChI is InChI=1S/C11H14Cl2N2/c1-15-5-9(11(14)6-15)8-3-2-7(12)4-10(8)13/h2-4,9,11H,5-6,14H2,1H3/t9-,11+/m0/s1. The summed E-state index contributed by atoms with van der Waals surface area (Å²) in [4.78, 5) is 2.22. The number of nitrogens with zero attached hydrogens (tertiary/aromatic N) is 1. The molecule has 2 atom stereocenters. The molecule has 1 aromatic rings. The van der Waals surface area contributed by atoms with Crippen molar-refractivity contribution in [2.45, 2.75) is 12.0 Å². The predicted molar refractivity (Wildman–Crippen MR) is 64.7 cm³/mol. The minimum atomic E-state index is 0.161. The van der Waals surface area contributed by atoms with Crippen LogP contribution in [0.25, 0.3) is 0 Å². The second kappa shape index (κ2) is 4.30. The highest BCUT2D eigenvalue weighted by molar-refractivity contribution is 6.35. The van der Waals surface area contributed by atoms with E-state index in [1.807, 2.05) is 12.1 Å². The number of rotatable bonds is 1. The zero-order valence-corrected chi connectivity index (χ0v) is 10.1. The molecule has 15 heavy (non-hydrogen) atoms. The van der Waals surface area contributed by atoms with Crippen LogP contribution in [0.2, 0.25) is 10.0 Å². The molecular formula is C11H14Cl2N2. The van der Waals surface area contributed by atoms with Crippen molar-refractivity contribution in [2.75, 3.05) is 20.1 Å². The van der Waals surface area contributed by atoms with Gasteiger partial charge in [-0.3, -0.25) is 0 Å². The molecule has 0 unspecified atom stereocenters. The number of nitrogens with two attached hydrogens (primary N) is 1. The molecule has 2 nitrogen and oxygen atoms in total. The molecule has 0 aromatic heterocycles. The third-order valence-corrected chi connectivity index (χ3v) is 3.47. The molecule has 2 N–H and O–H groups in total. The Bertz CT molecular complexity index is 368. The third-order valence-electron chi connectivity index (χ3n) is 2.91. The molecule has 2 rings (SSSR count). The Balaban J connectivity index is 2.29. The molecule has 0 aliphatic carbocycles. The van der Waals surface area contributed by atoms with Gasteiger partial charge >= 0.3 is 0 Å². The van der Waals surface area contributed by atoms with Crippen molar-refractivity contribution in [3.63, 3.8) is 0 Å². The van der Waals surface area contributed by atoms with Crippen LogP contribution in [0.15, 0.2) is 18.2 Å². The number of hydrogen-bond acceptors (Lipinski definition) is 2. The second-order valence-corrected chi connectivity index (χ2v) is 5.00. The van der Waals surface area contributed by atoms with Crippen LogP contribution in [0.1, 0.15) is 11.5 Å². The van der Waals surface area contributed by atoms with Gasteiger partial charge in [0.05, 0.1) is 0 Å². The highest BCUT2D eigenvalue weighted by atomic mass is 35.5. The molecule has 1 aliphatic heterocycles. The van der Waals surface area contributed by atoms with Gasteiger partial charge in [0.1, 0.15) is 0 Å². The van der Waals surface area contributed by atoms with E-state index in [1.165, 1.54) is 0 Å². The highest BCUT2D eigenvalue weighted by Crippen LogP contribution is 2.32. The number of benzene rings is 1. The van der Waals surface area contributed by atoms with Gasteiger partial charge in [0.25, 0.3) is 0 Å². The quantitative estimate of drug-likeness (QED) is 0.822. The Morgan fingerprint density at radius 1 is 1.33 bits per heavy atom. The normalized spacial score (nSPS) is 27.2. The monoisotopic (exact) mass is 244 g/mol. The first-order valence-electron chi connectivity index (χ1n) is 4.97. The number of halogens is 2. The lowest BCUT2D eigenvalue weighted by Gasteiger charge is -2.16. The lowest BCUT2D eigenvalue weighted by molar-refractivity contribution is 0.407. The Kier molecular flexibility index (Phi) is 3.21. The fourth-order valence-electron chi connectivity index (χ4n) is 2.16. The van der Waals surface area contributed by atoms with E-state index in [-0.39, 0.29) is 6.04 Å². The Morgan fingerprint density at radius 3 is 2.60 bits per heavy atom. The fourth-order valence-corrected chi connectivity index (χ4v) is 2.71. The van der Waals surface area contributed by atoms with Gasteiger partial charge in [0, 0.05) is 35.1 Å². The topological polar surface area (TPSA) is 29.3 Å². The minimum absolute atomic E-state index is 0.161. The van der Waals surface area contributed by atoms with E-state index in [0.29, 0.717) is 10.9 Å². The van der Waals surface area contributed by atoms with Crippen molar-refractivity contribution in [1.29, 1.82) is 0 Å². The summed E-state index contributed by atoms with van der Waals surface area (Å²) < 4.78 is 0. The minimum Gasteiger partial charge on any atom is -0.326 e. The summed E-state index contributed by atoms with van der Waals surface area (Å²) in [5.74, 6) is 0.319. The zero-order valence-electron chi connectivity index (χ0n) is 8.58. The Morgan fingerprint density at radius 2 is 2.07 bits per heavy atom. The lowest BCUT2D eigenvalue weighted by atomic mass is 9.95. The number of likely N-dealkylation sites (N-methyl/N-ethyl adjacent to an activating group) is 1. The van der Waals surface area contributed by atoms with Crippen LogP contribution in [0.3, 0.4) is 0 Å². The second-order valence-electron chi connectivity index (χ2n) is 4.16. The first-order valence-corrected chi connectivity index (χ1v) is 5.72. The summed E-state index contributed by atoms with van der Waals surface area (Å²) in [5, 5.41) is 1.39. The lowest BCUT2D eigenvalue weighted by Crippen LogP contribution is -2.28. The number of hydrogen-bond donors (Lipinski definition) is 1. The van der Waals surface area contributed by atoms with Crippen LogP contribution in [-0.2, 0) is 0 Å². The predicted octanol–water partition coefficient (Wildman–Crippen LogP) is 2.35. The Labute approximate surface area is 100.0 Å². The molecule has 1 heterocycles. The molecular weight excluding hydrogens is 231 g/mol. The molecule has 0 saturated carbocycles. The van der Waals surface area contributed by atoms with Crippen molar-refractivity contribution in [3.05, 3.63) is 33.8 Å². The summed E-state index contributed by atoms with van der Waals surface area (Å²) >= 11 is 12.0. The van der Waals surface area contributed by atoms with Crippen LogP contribution in [0, 0.1) is 0 Å². The molecule has 1 aliphatic rings. The third kappa shape index (κ3) is 2.28. The van der Waals surface area contributed by atoms with Crippen LogP contribution in [-0.4, -0.2) is 31.1 Å². The van der Waals surface area contributed by atoms with E-state index in [9.17, 15) is 0 Å². The van der Waals surface area contributed by atoms with Crippen molar-refractivity contribution in [1.82, 2.24) is 4.90 Å². The molecule has 0 spiro atoms. The molecule has 4 heteroatoms. The van der Waals surface area contributed by atoms with E-state index in [2.05, 4.69) is 11.9 Å². The maximum atomic E-state index is 6.16. The van der Waals surface area contributed by atoms with E-state index in [0.717, 1.165) is 23.7 Å². The van der Waals surface area contributed by atoms with E-state index in [4.69, 9.17) is 28.9 Å². The molecule has 0 radical (unpaired) electrons. The van der Waals surface area contributed by atoms with Gasteiger partial charge in [-0.15, -0.1) is 0 Å². The van der Waals surface area contributed by atoms with Gasteiger partial charge in [-0.25, -0.2) is 0 Å². The van der Waals surface area contributed by atoms with Crippen molar-refractivity contribution < 1.29 is 0 Å². The average Bonchev–Trinajstić information content (AvgIpc) is 2.45. The summed E-state index contributed by atoms with van der Waals surface area (Å²) in [5.41, 5.74) is 7.18. The SMILES string of the molecule is CN1C[C@@H](N)[C@H](c2ccc(Cl)cc2Cl)C1. The zero-order chi connectivity index (χ0) is 11.0. The maximum Gasteiger partial charge on any atom is 0.0456 e. The van der Waals surface area contributed by atoms with E-state index in [1.54, 1.807) is 6.07 Å². The molecule has 1 aromatic carbocycles. The summed E-state index contributed by atoms with van der Waals surface area (Å²) in [7, 11) is 2.07. The van der Waals surface area contributed by atoms with E-state index >= 15 is 0 Å². The van der Waals surface area contributed by atoms with Crippen molar-refractivity contribution in [2.24, 2.45) is 5.73 Å². The van der Waals surface area contributed by atoms with Gasteiger partial charge in [0.2, 0.25) is 0 Å². The summed E-state index contributed by atoms with van der Waals surface area (Å²) in [6.45, 7) is 1.88. The summed E-state index contributed by atoms with van der Waals surface area (Å²) in [6, 6.07) is 5.79. The van der Waals surface area contributed by atoms with Crippen LogP contribution >= 0.6 is 23.2 Å². The number of likely N-dealkylation sites (tertiary alicyclic amines) is 1. The molecule has 0 bridgehead atoms. The van der Waals surface area contributed by atoms with Gasteiger partial charge in [-0.05, 0) is 24.7 Å². The molecule has 1 fully saturated rings. The largest absolute Gasteiger partial charge is 0.326 e. The fraction of sp³-hybridized carbons (Fsp3) is 0.455. The van der Waals surface area contributed by atoms with Crippen molar-refractivity contribution >= 4 is 23.2 Å². The maximum absolute atomic E-state index is 6.16. The smallest absolute Gasteiger partial charge is 0.0456 e. The highest BCUT2D eigenvalue weighted by Gasteiger charge is 2.30. The first kappa shape index (κ1) is 11.2. The van der Waals surface area contributed by atoms with Gasteiger partial charge in [0.15, 0.2) is 0 Å². The van der Waals surface area contributed by atoms with Crippen LogP contribution in [0.4, 0.5) is 0 Å². The molecule has 0 amide bonds. The van der Waals surface area contributed by atoms with Crippen molar-refractivity contribution in [3.8, 4) is 0 Å². The van der Waals surface area contributed by atoms with E-state index < -0.39 is 0 Å². The molecule has 82 valence electrons. The average molecular weight is 245 g/mol. The van der Waals surface area contributed by atoms with Gasteiger partial charge in [-0.1, -0.05) is 29.3 Å².